The van der Waals surface area contributed by atoms with Gasteiger partial charge in [0.05, 0.1) is 21.6 Å². The third kappa shape index (κ3) is 3.34. The Balaban J connectivity index is 1.93. The van der Waals surface area contributed by atoms with Crippen LogP contribution in [0.15, 0.2) is 30.3 Å². The van der Waals surface area contributed by atoms with Gasteiger partial charge in [-0.25, -0.2) is 0 Å². The first kappa shape index (κ1) is 15.9. The minimum Gasteiger partial charge on any atom is -0.486 e. The summed E-state index contributed by atoms with van der Waals surface area (Å²) in [6.45, 7) is 0.370. The molecule has 1 heterocycles. The van der Waals surface area contributed by atoms with Crippen LogP contribution in [0.2, 0.25) is 10.0 Å². The van der Waals surface area contributed by atoms with Crippen LogP contribution in [0.5, 0.6) is 11.5 Å². The zero-order valence-electron chi connectivity index (χ0n) is 11.8. The molecule has 0 amide bonds. The van der Waals surface area contributed by atoms with Gasteiger partial charge in [0.2, 0.25) is 0 Å². The van der Waals surface area contributed by atoms with Crippen molar-refractivity contribution in [3.63, 3.8) is 0 Å². The number of hydrogen-bond acceptors (Lipinski definition) is 5. The maximum absolute atomic E-state index is 11.1. The molecule has 6 nitrogen and oxygen atoms in total. The third-order valence-corrected chi connectivity index (χ3v) is 3.87. The molecule has 1 aliphatic rings. The Morgan fingerprint density at radius 3 is 2.70 bits per heavy atom. The van der Waals surface area contributed by atoms with Gasteiger partial charge in [0, 0.05) is 23.3 Å². The summed E-state index contributed by atoms with van der Waals surface area (Å²) in [4.78, 5) is 10.6. The average molecular weight is 356 g/mol. The van der Waals surface area contributed by atoms with Crippen molar-refractivity contribution in [1.82, 2.24) is 0 Å². The van der Waals surface area contributed by atoms with Crippen molar-refractivity contribution in [3.05, 3.63) is 61.6 Å². The van der Waals surface area contributed by atoms with Crippen molar-refractivity contribution in [2.75, 3.05) is 6.79 Å². The van der Waals surface area contributed by atoms with E-state index in [4.69, 9.17) is 37.4 Å². The summed E-state index contributed by atoms with van der Waals surface area (Å²) < 4.78 is 16.3. The molecule has 2 aromatic carbocycles. The van der Waals surface area contributed by atoms with Gasteiger partial charge >= 0.3 is 0 Å². The van der Waals surface area contributed by atoms with Gasteiger partial charge in [-0.2, -0.15) is 0 Å². The summed E-state index contributed by atoms with van der Waals surface area (Å²) in [5, 5.41) is 11.8. The van der Waals surface area contributed by atoms with Gasteiger partial charge in [0.25, 0.3) is 5.69 Å². The smallest absolute Gasteiger partial charge is 0.270 e. The molecule has 3 rings (SSSR count). The lowest BCUT2D eigenvalue weighted by molar-refractivity contribution is -0.385. The largest absolute Gasteiger partial charge is 0.486 e. The number of nitro groups is 1. The van der Waals surface area contributed by atoms with Gasteiger partial charge in [-0.3, -0.25) is 10.1 Å². The Morgan fingerprint density at radius 1 is 1.26 bits per heavy atom. The number of non-ortho nitro benzene ring substituents is 1. The molecule has 0 radical (unpaired) electrons. The summed E-state index contributed by atoms with van der Waals surface area (Å²) in [6, 6.07) is 7.84. The molecule has 0 saturated heterocycles. The van der Waals surface area contributed by atoms with Crippen LogP contribution in [0.3, 0.4) is 0 Å². The summed E-state index contributed by atoms with van der Waals surface area (Å²) in [5.74, 6) is 0.855. The van der Waals surface area contributed by atoms with Crippen LogP contribution in [-0.2, 0) is 18.0 Å². The van der Waals surface area contributed by atoms with Crippen molar-refractivity contribution in [2.24, 2.45) is 0 Å². The summed E-state index contributed by atoms with van der Waals surface area (Å²) in [6.07, 6.45) is 0. The molecular weight excluding hydrogens is 345 g/mol. The number of halogens is 2. The Kier molecular flexibility index (Phi) is 4.56. The van der Waals surface area contributed by atoms with Crippen molar-refractivity contribution in [1.29, 1.82) is 0 Å². The molecule has 0 atom stereocenters. The second-order valence-electron chi connectivity index (χ2n) is 4.80. The molecule has 0 aromatic heterocycles. The van der Waals surface area contributed by atoms with Crippen LogP contribution in [-0.4, -0.2) is 11.7 Å². The molecule has 8 heteroatoms. The fourth-order valence-electron chi connectivity index (χ4n) is 2.26. The minimum atomic E-state index is -0.471. The fourth-order valence-corrected chi connectivity index (χ4v) is 2.77. The number of benzene rings is 2. The van der Waals surface area contributed by atoms with Crippen molar-refractivity contribution < 1.29 is 19.1 Å². The summed E-state index contributed by atoms with van der Waals surface area (Å²) in [5.41, 5.74) is 1.09. The zero-order valence-corrected chi connectivity index (χ0v) is 13.3. The first-order chi connectivity index (χ1) is 11.1. The van der Waals surface area contributed by atoms with Gasteiger partial charge in [-0.05, 0) is 12.1 Å². The highest BCUT2D eigenvalue weighted by Gasteiger charge is 2.21. The zero-order chi connectivity index (χ0) is 16.4. The predicted molar refractivity (Wildman–Crippen MR) is 84.2 cm³/mol. The van der Waals surface area contributed by atoms with Gasteiger partial charge in [0.15, 0.2) is 12.5 Å². The van der Waals surface area contributed by atoms with E-state index < -0.39 is 4.92 Å². The number of fused-ring (bicyclic) bond motifs is 1. The molecule has 0 unspecified atom stereocenters. The number of rotatable bonds is 4. The lowest BCUT2D eigenvalue weighted by atomic mass is 10.1. The number of nitro benzene ring substituents is 1. The molecule has 120 valence electrons. The van der Waals surface area contributed by atoms with E-state index in [2.05, 4.69) is 0 Å². The van der Waals surface area contributed by atoms with Crippen LogP contribution >= 0.6 is 23.2 Å². The highest BCUT2D eigenvalue weighted by atomic mass is 35.5. The standard InChI is InChI=1S/C15H11Cl2NO5/c16-12-2-1-3-13(17)15(12)22-7-10-5-11(18(19)20)4-9-6-21-8-23-14(9)10/h1-5H,6-8H2. The average Bonchev–Trinajstić information content (AvgIpc) is 2.54. The van der Waals surface area contributed by atoms with E-state index >= 15 is 0 Å². The van der Waals surface area contributed by atoms with Crippen molar-refractivity contribution in [3.8, 4) is 11.5 Å². The number of nitrogens with zero attached hydrogens (tertiary/aromatic N) is 1. The van der Waals surface area contributed by atoms with E-state index in [1.54, 1.807) is 18.2 Å². The molecule has 0 N–H and O–H groups in total. The highest BCUT2D eigenvalue weighted by Crippen LogP contribution is 2.36. The topological polar surface area (TPSA) is 70.8 Å². The lowest BCUT2D eigenvalue weighted by Gasteiger charge is -2.21. The van der Waals surface area contributed by atoms with Crippen LogP contribution < -0.4 is 9.47 Å². The maximum atomic E-state index is 11.1. The van der Waals surface area contributed by atoms with E-state index in [0.717, 1.165) is 0 Å². The normalized spacial score (nSPS) is 13.1. The monoisotopic (exact) mass is 355 g/mol. The van der Waals surface area contributed by atoms with Crippen LogP contribution in [0.1, 0.15) is 11.1 Å². The van der Waals surface area contributed by atoms with Crippen LogP contribution in [0, 0.1) is 10.1 Å². The van der Waals surface area contributed by atoms with Gasteiger partial charge in [-0.1, -0.05) is 29.3 Å². The summed E-state index contributed by atoms with van der Waals surface area (Å²) in [7, 11) is 0. The Hall–Kier alpha value is -2.02. The molecule has 2 aromatic rings. The second-order valence-corrected chi connectivity index (χ2v) is 5.61. The van der Waals surface area contributed by atoms with Crippen LogP contribution in [0.4, 0.5) is 5.69 Å². The van der Waals surface area contributed by atoms with Gasteiger partial charge in [0.1, 0.15) is 12.4 Å². The van der Waals surface area contributed by atoms with E-state index in [0.29, 0.717) is 32.7 Å². The molecule has 23 heavy (non-hydrogen) atoms. The lowest BCUT2D eigenvalue weighted by Crippen LogP contribution is -2.14. The molecule has 1 aliphatic heterocycles. The molecular formula is C15H11Cl2NO5. The number of hydrogen-bond donors (Lipinski definition) is 0. The fraction of sp³-hybridized carbons (Fsp3) is 0.200. The maximum Gasteiger partial charge on any atom is 0.270 e. The Morgan fingerprint density at radius 2 is 2.00 bits per heavy atom. The molecule has 0 fully saturated rings. The first-order valence-electron chi connectivity index (χ1n) is 6.64. The molecule has 0 saturated carbocycles. The van der Waals surface area contributed by atoms with Crippen molar-refractivity contribution in [2.45, 2.75) is 13.2 Å². The molecule has 0 spiro atoms. The molecule has 0 aliphatic carbocycles. The Labute approximate surface area is 141 Å². The van der Waals surface area contributed by atoms with E-state index in [1.807, 2.05) is 0 Å². The molecule has 0 bridgehead atoms. The quantitative estimate of drug-likeness (QED) is 0.602. The number of ether oxygens (including phenoxy) is 3. The Bertz CT molecular complexity index is 746. The minimum absolute atomic E-state index is 0.0352. The summed E-state index contributed by atoms with van der Waals surface area (Å²) >= 11 is 12.1. The van der Waals surface area contributed by atoms with Crippen LogP contribution in [0.25, 0.3) is 0 Å². The highest BCUT2D eigenvalue weighted by molar-refractivity contribution is 6.37. The van der Waals surface area contributed by atoms with E-state index in [9.17, 15) is 10.1 Å². The van der Waals surface area contributed by atoms with Gasteiger partial charge in [-0.15, -0.1) is 0 Å². The van der Waals surface area contributed by atoms with Crippen molar-refractivity contribution >= 4 is 28.9 Å². The first-order valence-corrected chi connectivity index (χ1v) is 7.39. The van der Waals surface area contributed by atoms with E-state index in [-0.39, 0.29) is 25.7 Å². The van der Waals surface area contributed by atoms with Gasteiger partial charge < -0.3 is 14.2 Å². The second kappa shape index (κ2) is 6.62. The van der Waals surface area contributed by atoms with E-state index in [1.165, 1.54) is 12.1 Å². The third-order valence-electron chi connectivity index (χ3n) is 3.27. The number of para-hydroxylation sites is 1. The predicted octanol–water partition coefficient (Wildman–Crippen LogP) is 4.35. The SMILES string of the molecule is O=[N+]([O-])c1cc2c(c(COc3c(Cl)cccc3Cl)c1)OCOC2.